The molecule has 0 spiro atoms. The highest BCUT2D eigenvalue weighted by molar-refractivity contribution is 8.00. The third-order valence-corrected chi connectivity index (χ3v) is 5.78. The van der Waals surface area contributed by atoms with Gasteiger partial charge in [0.25, 0.3) is 0 Å². The fourth-order valence-electron chi connectivity index (χ4n) is 3.11. The van der Waals surface area contributed by atoms with Gasteiger partial charge in [0.05, 0.1) is 6.54 Å². The number of fused-ring (bicyclic) bond motifs is 1. The number of carboxylic acids is 1. The molecular weight excluding hydrogens is 398 g/mol. The maximum Gasteiger partial charge on any atom is 0.316 e. The summed E-state index contributed by atoms with van der Waals surface area (Å²) in [5.41, 5.74) is 1.08. The molecule has 1 aromatic heterocycles. The molecular formula is C23H21N3O3S. The minimum Gasteiger partial charge on any atom is -0.485 e. The first-order valence-corrected chi connectivity index (χ1v) is 10.5. The molecule has 0 saturated heterocycles. The van der Waals surface area contributed by atoms with E-state index in [1.807, 2.05) is 77.4 Å². The van der Waals surface area contributed by atoms with Crippen molar-refractivity contribution in [2.75, 3.05) is 0 Å². The summed E-state index contributed by atoms with van der Waals surface area (Å²) in [6.07, 6.45) is 0. The van der Waals surface area contributed by atoms with Crippen LogP contribution in [-0.2, 0) is 17.9 Å². The lowest BCUT2D eigenvalue weighted by Crippen LogP contribution is -2.14. The number of ether oxygens (including phenoxy) is 1. The number of hydrogen-bond acceptors (Lipinski definition) is 5. The van der Waals surface area contributed by atoms with E-state index in [2.05, 4.69) is 10.2 Å². The number of rotatable bonds is 8. The number of aromatic nitrogens is 3. The van der Waals surface area contributed by atoms with Crippen molar-refractivity contribution in [3.8, 4) is 5.75 Å². The van der Waals surface area contributed by atoms with E-state index < -0.39 is 11.2 Å². The van der Waals surface area contributed by atoms with Crippen LogP contribution in [0.2, 0.25) is 0 Å². The van der Waals surface area contributed by atoms with Crippen LogP contribution in [-0.4, -0.2) is 31.1 Å². The molecule has 0 aliphatic carbocycles. The van der Waals surface area contributed by atoms with E-state index in [0.29, 0.717) is 17.5 Å². The molecule has 1 unspecified atom stereocenters. The second kappa shape index (κ2) is 9.00. The third-order valence-electron chi connectivity index (χ3n) is 4.71. The summed E-state index contributed by atoms with van der Waals surface area (Å²) in [5, 5.41) is 19.9. The smallest absolute Gasteiger partial charge is 0.316 e. The molecule has 7 heteroatoms. The number of aliphatic carboxylic acids is 1. The van der Waals surface area contributed by atoms with Gasteiger partial charge in [-0.2, -0.15) is 0 Å². The molecule has 0 saturated carbocycles. The lowest BCUT2D eigenvalue weighted by molar-refractivity contribution is -0.136. The van der Waals surface area contributed by atoms with E-state index in [0.717, 1.165) is 22.1 Å². The summed E-state index contributed by atoms with van der Waals surface area (Å²) in [6.45, 7) is 2.41. The second-order valence-electron chi connectivity index (χ2n) is 6.83. The van der Waals surface area contributed by atoms with Crippen molar-refractivity contribution < 1.29 is 14.6 Å². The summed E-state index contributed by atoms with van der Waals surface area (Å²) < 4.78 is 8.02. The first kappa shape index (κ1) is 20.0. The van der Waals surface area contributed by atoms with Crippen molar-refractivity contribution in [3.05, 3.63) is 84.2 Å². The predicted molar refractivity (Wildman–Crippen MR) is 117 cm³/mol. The zero-order chi connectivity index (χ0) is 20.9. The van der Waals surface area contributed by atoms with Crippen molar-refractivity contribution in [1.29, 1.82) is 0 Å². The molecule has 152 valence electrons. The van der Waals surface area contributed by atoms with Crippen LogP contribution in [0.5, 0.6) is 5.75 Å². The van der Waals surface area contributed by atoms with Gasteiger partial charge in [-0.3, -0.25) is 9.36 Å². The summed E-state index contributed by atoms with van der Waals surface area (Å²) in [6, 6.07) is 23.9. The Bertz CT molecular complexity index is 1160. The van der Waals surface area contributed by atoms with Crippen LogP contribution < -0.4 is 4.74 Å². The number of nitrogens with zero attached hydrogens (tertiary/aromatic N) is 3. The lowest BCUT2D eigenvalue weighted by atomic mass is 10.1. The molecule has 0 radical (unpaired) electrons. The van der Waals surface area contributed by atoms with Gasteiger partial charge in [0.15, 0.2) is 11.0 Å². The molecule has 1 N–H and O–H groups in total. The molecule has 0 aliphatic heterocycles. The SMILES string of the molecule is CC(Sc1nnc(COc2cccc3ccccc23)n1Cc1ccccc1)C(=O)O. The van der Waals surface area contributed by atoms with Crippen molar-refractivity contribution in [3.63, 3.8) is 0 Å². The van der Waals surface area contributed by atoms with E-state index in [1.165, 1.54) is 11.8 Å². The fraction of sp³-hybridized carbons (Fsp3) is 0.174. The molecule has 0 bridgehead atoms. The molecule has 4 aromatic rings. The Balaban J connectivity index is 1.61. The number of benzene rings is 3. The van der Waals surface area contributed by atoms with Gasteiger partial charge in [-0.25, -0.2) is 0 Å². The van der Waals surface area contributed by atoms with Crippen LogP contribution in [0.15, 0.2) is 78.0 Å². The number of carboxylic acid groups (broad SMARTS) is 1. The standard InChI is InChI=1S/C23H21N3O3S/c1-16(22(27)28)30-23-25-24-21(26(23)14-17-8-3-2-4-9-17)15-29-20-13-7-11-18-10-5-6-12-19(18)20/h2-13,16H,14-15H2,1H3,(H,27,28). The van der Waals surface area contributed by atoms with Gasteiger partial charge in [0.1, 0.15) is 17.6 Å². The highest BCUT2D eigenvalue weighted by Crippen LogP contribution is 2.27. The van der Waals surface area contributed by atoms with E-state index >= 15 is 0 Å². The highest BCUT2D eigenvalue weighted by Gasteiger charge is 2.20. The number of carbonyl (C=O) groups is 1. The quantitative estimate of drug-likeness (QED) is 0.420. The van der Waals surface area contributed by atoms with Gasteiger partial charge in [-0.1, -0.05) is 78.5 Å². The van der Waals surface area contributed by atoms with E-state index in [-0.39, 0.29) is 6.61 Å². The van der Waals surface area contributed by atoms with Crippen molar-refractivity contribution in [2.24, 2.45) is 0 Å². The van der Waals surface area contributed by atoms with E-state index in [1.54, 1.807) is 6.92 Å². The Morgan fingerprint density at radius 3 is 2.57 bits per heavy atom. The molecule has 0 fully saturated rings. The predicted octanol–water partition coefficient (Wildman–Crippen LogP) is 4.62. The van der Waals surface area contributed by atoms with E-state index in [9.17, 15) is 9.90 Å². The molecule has 1 atom stereocenters. The fourth-order valence-corrected chi connectivity index (χ4v) is 3.91. The van der Waals surface area contributed by atoms with Gasteiger partial charge in [0.2, 0.25) is 0 Å². The van der Waals surface area contributed by atoms with Crippen LogP contribution in [0.1, 0.15) is 18.3 Å². The first-order chi connectivity index (χ1) is 14.6. The number of thioether (sulfide) groups is 1. The Morgan fingerprint density at radius 2 is 1.77 bits per heavy atom. The topological polar surface area (TPSA) is 77.2 Å². The van der Waals surface area contributed by atoms with Crippen LogP contribution in [0, 0.1) is 0 Å². The zero-order valence-corrected chi connectivity index (χ0v) is 17.2. The summed E-state index contributed by atoms with van der Waals surface area (Å²) >= 11 is 1.18. The third kappa shape index (κ3) is 4.46. The molecule has 0 aliphatic rings. The van der Waals surface area contributed by atoms with Crippen LogP contribution in [0.25, 0.3) is 10.8 Å². The largest absolute Gasteiger partial charge is 0.485 e. The molecule has 4 rings (SSSR count). The van der Waals surface area contributed by atoms with Crippen molar-refractivity contribution in [1.82, 2.24) is 14.8 Å². The Kier molecular flexibility index (Phi) is 5.99. The van der Waals surface area contributed by atoms with Gasteiger partial charge >= 0.3 is 5.97 Å². The Hall–Kier alpha value is -3.32. The molecule has 1 heterocycles. The van der Waals surface area contributed by atoms with Gasteiger partial charge < -0.3 is 9.84 Å². The average Bonchev–Trinajstić information content (AvgIpc) is 3.14. The normalized spacial score (nSPS) is 12.0. The maximum absolute atomic E-state index is 11.3. The summed E-state index contributed by atoms with van der Waals surface area (Å²) in [7, 11) is 0. The van der Waals surface area contributed by atoms with Crippen LogP contribution >= 0.6 is 11.8 Å². The molecule has 30 heavy (non-hydrogen) atoms. The second-order valence-corrected chi connectivity index (χ2v) is 8.14. The van der Waals surface area contributed by atoms with E-state index in [4.69, 9.17) is 4.74 Å². The highest BCUT2D eigenvalue weighted by atomic mass is 32.2. The molecule has 0 amide bonds. The van der Waals surface area contributed by atoms with Crippen LogP contribution in [0.3, 0.4) is 0 Å². The van der Waals surface area contributed by atoms with Crippen molar-refractivity contribution in [2.45, 2.75) is 30.5 Å². The molecule has 6 nitrogen and oxygen atoms in total. The first-order valence-electron chi connectivity index (χ1n) is 9.58. The monoisotopic (exact) mass is 419 g/mol. The molecule has 3 aromatic carbocycles. The summed E-state index contributed by atoms with van der Waals surface area (Å²) in [5.74, 6) is 0.533. The average molecular weight is 420 g/mol. The minimum atomic E-state index is -0.886. The van der Waals surface area contributed by atoms with Crippen LogP contribution in [0.4, 0.5) is 0 Å². The Labute approximate surface area is 178 Å². The lowest BCUT2D eigenvalue weighted by Gasteiger charge is -2.13. The zero-order valence-electron chi connectivity index (χ0n) is 16.4. The number of hydrogen-bond donors (Lipinski definition) is 1. The Morgan fingerprint density at radius 1 is 1.03 bits per heavy atom. The minimum absolute atomic E-state index is 0.232. The van der Waals surface area contributed by atoms with Gasteiger partial charge in [0, 0.05) is 5.39 Å². The summed E-state index contributed by atoms with van der Waals surface area (Å²) in [4.78, 5) is 11.3. The van der Waals surface area contributed by atoms with Gasteiger partial charge in [-0.15, -0.1) is 10.2 Å². The maximum atomic E-state index is 11.3. The van der Waals surface area contributed by atoms with Crippen molar-refractivity contribution >= 4 is 28.5 Å². The van der Waals surface area contributed by atoms with Gasteiger partial charge in [-0.05, 0) is 23.9 Å².